The fourth-order valence-corrected chi connectivity index (χ4v) is 8.60. The van der Waals surface area contributed by atoms with Crippen LogP contribution in [0.4, 0.5) is 0 Å². The van der Waals surface area contributed by atoms with E-state index in [9.17, 15) is 0 Å². The molecule has 0 rings (SSSR count). The molecule has 0 aromatic carbocycles. The summed E-state index contributed by atoms with van der Waals surface area (Å²) in [6.45, 7) is 14.8. The van der Waals surface area contributed by atoms with Crippen molar-refractivity contribution in [3.05, 3.63) is 11.1 Å². The topological polar surface area (TPSA) is 9.23 Å². The zero-order chi connectivity index (χ0) is 12.8. The first-order valence-corrected chi connectivity index (χ1v) is 9.34. The van der Waals surface area contributed by atoms with Crippen LogP contribution in [0, 0.1) is 0 Å². The van der Waals surface area contributed by atoms with Crippen molar-refractivity contribution in [2.75, 3.05) is 6.61 Å². The van der Waals surface area contributed by atoms with Crippen LogP contribution in [0.1, 0.15) is 48.0 Å². The van der Waals surface area contributed by atoms with Crippen LogP contribution < -0.4 is 0 Å². The molecule has 0 aromatic rings. The maximum absolute atomic E-state index is 6.38. The van der Waals surface area contributed by atoms with Crippen molar-refractivity contribution < 1.29 is 4.43 Å². The van der Waals surface area contributed by atoms with Gasteiger partial charge in [-0.3, -0.25) is 0 Å². The first kappa shape index (κ1) is 16.4. The Balaban J connectivity index is 4.64. The van der Waals surface area contributed by atoms with Crippen LogP contribution in [-0.4, -0.2) is 14.9 Å². The van der Waals surface area contributed by atoms with Gasteiger partial charge in [-0.2, -0.15) is 0 Å². The molecule has 0 saturated carbocycles. The Morgan fingerprint density at radius 3 is 1.75 bits per heavy atom. The van der Waals surface area contributed by atoms with Crippen LogP contribution in [0.15, 0.2) is 11.1 Å². The second-order valence-electron chi connectivity index (χ2n) is 5.32. The molecule has 3 heteroatoms. The molecule has 0 heterocycles. The standard InChI is InChI=1S/C13H27BrOSi/c1-11(2)16(12(3)4,13(5)6)15-10-8-7-9-14/h7,9,11-13H,8,10H2,1-6H3/b9-7+. The maximum Gasteiger partial charge on any atom is 0.200 e. The monoisotopic (exact) mass is 306 g/mol. The average Bonchev–Trinajstić information content (AvgIpc) is 2.16. The SMILES string of the molecule is CC(C)[Si](OCC/C=C/Br)(C(C)C)C(C)C. The van der Waals surface area contributed by atoms with Crippen molar-refractivity contribution >= 4 is 24.2 Å². The summed E-state index contributed by atoms with van der Waals surface area (Å²) in [5, 5.41) is 0. The Bertz CT molecular complexity index is 190. The third-order valence-electron chi connectivity index (χ3n) is 3.43. The predicted molar refractivity (Wildman–Crippen MR) is 79.7 cm³/mol. The average molecular weight is 307 g/mol. The molecule has 1 nitrogen and oxygen atoms in total. The van der Waals surface area contributed by atoms with E-state index in [1.807, 2.05) is 4.99 Å². The Morgan fingerprint density at radius 1 is 1.00 bits per heavy atom. The normalized spacial score (nSPS) is 13.6. The molecule has 0 atom stereocenters. The summed E-state index contributed by atoms with van der Waals surface area (Å²) in [6, 6.07) is 0. The smallest absolute Gasteiger partial charge is 0.200 e. The predicted octanol–water partition coefficient (Wildman–Crippen LogP) is 5.48. The highest BCUT2D eigenvalue weighted by molar-refractivity contribution is 9.11. The first-order chi connectivity index (χ1) is 7.39. The van der Waals surface area contributed by atoms with Gasteiger partial charge in [0.15, 0.2) is 8.32 Å². The lowest BCUT2D eigenvalue weighted by Crippen LogP contribution is -2.47. The van der Waals surface area contributed by atoms with Crippen LogP contribution in [0.5, 0.6) is 0 Å². The van der Waals surface area contributed by atoms with Crippen molar-refractivity contribution in [1.82, 2.24) is 0 Å². The van der Waals surface area contributed by atoms with Gasteiger partial charge in [0.1, 0.15) is 0 Å². The Morgan fingerprint density at radius 2 is 1.44 bits per heavy atom. The van der Waals surface area contributed by atoms with Gasteiger partial charge < -0.3 is 4.43 Å². The van der Waals surface area contributed by atoms with Gasteiger partial charge in [0.25, 0.3) is 0 Å². The lowest BCUT2D eigenvalue weighted by atomic mass is 10.5. The molecule has 0 N–H and O–H groups in total. The molecule has 0 aliphatic rings. The zero-order valence-corrected chi connectivity index (χ0v) is 14.2. The van der Waals surface area contributed by atoms with Gasteiger partial charge in [0.2, 0.25) is 0 Å². The molecular formula is C13H27BrOSi. The molecule has 0 unspecified atom stereocenters. The van der Waals surface area contributed by atoms with Crippen LogP contribution in [0.25, 0.3) is 0 Å². The molecule has 96 valence electrons. The highest BCUT2D eigenvalue weighted by Gasteiger charge is 2.44. The van der Waals surface area contributed by atoms with Crippen LogP contribution >= 0.6 is 15.9 Å². The van der Waals surface area contributed by atoms with Gasteiger partial charge in [-0.25, -0.2) is 0 Å². The summed E-state index contributed by atoms with van der Waals surface area (Å²) in [7, 11) is -1.63. The van der Waals surface area contributed by atoms with Crippen molar-refractivity contribution in [1.29, 1.82) is 0 Å². The molecule has 0 aliphatic carbocycles. The number of hydrogen-bond acceptors (Lipinski definition) is 1. The summed E-state index contributed by atoms with van der Waals surface area (Å²) >= 11 is 3.29. The second kappa shape index (κ2) is 7.67. The number of rotatable bonds is 7. The summed E-state index contributed by atoms with van der Waals surface area (Å²) < 4.78 is 6.38. The van der Waals surface area contributed by atoms with Crippen LogP contribution in [0.3, 0.4) is 0 Å². The Kier molecular flexibility index (Phi) is 7.86. The fourth-order valence-electron chi connectivity index (χ4n) is 2.87. The minimum atomic E-state index is -1.63. The minimum Gasteiger partial charge on any atom is -0.416 e. The molecule has 16 heavy (non-hydrogen) atoms. The molecule has 0 spiro atoms. The summed E-state index contributed by atoms with van der Waals surface area (Å²) in [4.78, 5) is 1.92. The Hall–Kier alpha value is 0.397. The van der Waals surface area contributed by atoms with Gasteiger partial charge in [-0.05, 0) is 28.0 Å². The lowest BCUT2D eigenvalue weighted by molar-refractivity contribution is 0.284. The van der Waals surface area contributed by atoms with E-state index in [0.717, 1.165) is 13.0 Å². The van der Waals surface area contributed by atoms with Crippen molar-refractivity contribution in [2.45, 2.75) is 64.6 Å². The fraction of sp³-hybridized carbons (Fsp3) is 0.846. The summed E-state index contributed by atoms with van der Waals surface area (Å²) in [5.41, 5.74) is 2.04. The van der Waals surface area contributed by atoms with Gasteiger partial charge in [-0.15, -0.1) is 0 Å². The van der Waals surface area contributed by atoms with Crippen molar-refractivity contribution in [3.63, 3.8) is 0 Å². The van der Waals surface area contributed by atoms with Gasteiger partial charge >= 0.3 is 0 Å². The quantitative estimate of drug-likeness (QED) is 0.447. The van der Waals surface area contributed by atoms with E-state index in [4.69, 9.17) is 4.43 Å². The number of halogens is 1. The molecule has 0 bridgehead atoms. The van der Waals surface area contributed by atoms with Gasteiger partial charge in [-0.1, -0.05) is 63.5 Å². The number of hydrogen-bond donors (Lipinski definition) is 0. The van der Waals surface area contributed by atoms with Gasteiger partial charge in [0.05, 0.1) is 0 Å². The van der Waals surface area contributed by atoms with E-state index < -0.39 is 8.32 Å². The van der Waals surface area contributed by atoms with E-state index in [1.165, 1.54) is 0 Å². The van der Waals surface area contributed by atoms with Crippen molar-refractivity contribution in [2.24, 2.45) is 0 Å². The minimum absolute atomic E-state index is 0.681. The molecule has 0 radical (unpaired) electrons. The third-order valence-corrected chi connectivity index (χ3v) is 9.92. The maximum atomic E-state index is 6.38. The van der Waals surface area contributed by atoms with E-state index in [0.29, 0.717) is 16.6 Å². The third kappa shape index (κ3) is 4.01. The van der Waals surface area contributed by atoms with E-state index in [-0.39, 0.29) is 0 Å². The zero-order valence-electron chi connectivity index (χ0n) is 11.6. The van der Waals surface area contributed by atoms with Crippen LogP contribution in [0.2, 0.25) is 16.6 Å². The van der Waals surface area contributed by atoms with Crippen molar-refractivity contribution in [3.8, 4) is 0 Å². The molecule has 0 aromatic heterocycles. The lowest BCUT2D eigenvalue weighted by Gasteiger charge is -2.42. The second-order valence-corrected chi connectivity index (χ2v) is 11.3. The Labute approximate surface area is 111 Å². The van der Waals surface area contributed by atoms with Crippen LogP contribution in [-0.2, 0) is 4.43 Å². The first-order valence-electron chi connectivity index (χ1n) is 6.28. The van der Waals surface area contributed by atoms with E-state index >= 15 is 0 Å². The largest absolute Gasteiger partial charge is 0.416 e. The molecule has 0 amide bonds. The molecule has 0 aliphatic heterocycles. The van der Waals surface area contributed by atoms with Gasteiger partial charge in [0, 0.05) is 6.61 Å². The summed E-state index contributed by atoms with van der Waals surface area (Å²) in [6.07, 6.45) is 3.12. The molecule has 0 fully saturated rings. The van der Waals surface area contributed by atoms with E-state index in [2.05, 4.69) is 63.5 Å². The summed E-state index contributed by atoms with van der Waals surface area (Å²) in [5.74, 6) is 0. The molecule has 0 saturated heterocycles. The highest BCUT2D eigenvalue weighted by Crippen LogP contribution is 2.42. The molecular weight excluding hydrogens is 280 g/mol. The van der Waals surface area contributed by atoms with E-state index in [1.54, 1.807) is 0 Å². The highest BCUT2D eigenvalue weighted by atomic mass is 79.9.